The van der Waals surface area contributed by atoms with Gasteiger partial charge in [-0.15, -0.1) is 0 Å². The first kappa shape index (κ1) is 13.4. The minimum Gasteiger partial charge on any atom is -0.508 e. The number of phenolic OH excluding ortho intramolecular Hbond substituents is 1. The van der Waals surface area contributed by atoms with Crippen molar-refractivity contribution in [1.29, 1.82) is 0 Å². The number of phenols is 1. The Balaban J connectivity index is 2.01. The highest BCUT2D eigenvalue weighted by Gasteiger charge is 2.06. The van der Waals surface area contributed by atoms with Gasteiger partial charge in [0, 0.05) is 11.7 Å². The highest BCUT2D eigenvalue weighted by molar-refractivity contribution is 5.53. The summed E-state index contributed by atoms with van der Waals surface area (Å²) in [5.41, 5.74) is 3.11. The molecule has 0 saturated heterocycles. The Labute approximate surface area is 112 Å². The molecule has 0 radical (unpaired) electrons. The smallest absolute Gasteiger partial charge is 0.123 e. The molecular weight excluding hydrogens is 241 g/mol. The van der Waals surface area contributed by atoms with Gasteiger partial charge >= 0.3 is 0 Å². The molecule has 0 spiro atoms. The third-order valence-corrected chi connectivity index (χ3v) is 3.07. The number of aromatic hydroxyl groups is 1. The van der Waals surface area contributed by atoms with Gasteiger partial charge in [0.15, 0.2) is 0 Å². The second-order valence-corrected chi connectivity index (χ2v) is 4.88. The Hall–Kier alpha value is -2.03. The molecule has 0 aliphatic rings. The summed E-state index contributed by atoms with van der Waals surface area (Å²) in [6.45, 7) is 4.03. The van der Waals surface area contributed by atoms with Crippen molar-refractivity contribution in [3.05, 3.63) is 59.4 Å². The van der Waals surface area contributed by atoms with E-state index in [2.05, 4.69) is 12.2 Å². The number of halogens is 1. The lowest BCUT2D eigenvalue weighted by molar-refractivity contribution is 0.475. The minimum atomic E-state index is -0.209. The Morgan fingerprint density at radius 1 is 1.16 bits per heavy atom. The molecule has 0 aliphatic carbocycles. The third-order valence-electron chi connectivity index (χ3n) is 3.07. The van der Waals surface area contributed by atoms with Gasteiger partial charge in [-0.1, -0.05) is 12.1 Å². The number of rotatable bonds is 4. The second-order valence-electron chi connectivity index (χ2n) is 4.88. The van der Waals surface area contributed by atoms with Crippen molar-refractivity contribution < 1.29 is 9.50 Å². The number of nitrogens with one attached hydrogen (secondary N) is 1. The predicted octanol–water partition coefficient (Wildman–Crippen LogP) is 3.88. The molecule has 3 heteroatoms. The zero-order chi connectivity index (χ0) is 13.8. The van der Waals surface area contributed by atoms with Crippen LogP contribution in [-0.4, -0.2) is 11.1 Å². The van der Waals surface area contributed by atoms with E-state index in [1.807, 2.05) is 13.0 Å². The molecule has 2 rings (SSSR count). The zero-order valence-electron chi connectivity index (χ0n) is 11.2. The molecule has 1 atom stereocenters. The van der Waals surface area contributed by atoms with Crippen molar-refractivity contribution >= 4 is 5.69 Å². The predicted molar refractivity (Wildman–Crippen MR) is 76.0 cm³/mol. The Kier molecular flexibility index (Phi) is 4.05. The van der Waals surface area contributed by atoms with E-state index < -0.39 is 0 Å². The summed E-state index contributed by atoms with van der Waals surface area (Å²) >= 11 is 0. The standard InChI is InChI=1S/C16H18FNO/c1-11-9-15(19)7-8-16(11)18-12(2)10-13-3-5-14(17)6-4-13/h3-9,12,18-19H,10H2,1-2H3. The fourth-order valence-corrected chi connectivity index (χ4v) is 2.10. The third kappa shape index (κ3) is 3.71. The summed E-state index contributed by atoms with van der Waals surface area (Å²) in [6, 6.07) is 12.1. The van der Waals surface area contributed by atoms with Crippen LogP contribution < -0.4 is 5.32 Å². The van der Waals surface area contributed by atoms with E-state index in [-0.39, 0.29) is 17.6 Å². The molecule has 2 aromatic carbocycles. The number of hydrogen-bond acceptors (Lipinski definition) is 2. The molecule has 1 unspecified atom stereocenters. The molecular formula is C16H18FNO. The van der Waals surface area contributed by atoms with E-state index >= 15 is 0 Å². The highest BCUT2D eigenvalue weighted by atomic mass is 19.1. The van der Waals surface area contributed by atoms with Gasteiger partial charge < -0.3 is 10.4 Å². The molecule has 0 fully saturated rings. The minimum absolute atomic E-state index is 0.209. The maximum atomic E-state index is 12.8. The summed E-state index contributed by atoms with van der Waals surface area (Å²) in [4.78, 5) is 0. The molecule has 19 heavy (non-hydrogen) atoms. The quantitative estimate of drug-likeness (QED) is 0.817. The summed E-state index contributed by atoms with van der Waals surface area (Å²) in [6.07, 6.45) is 0.820. The fourth-order valence-electron chi connectivity index (χ4n) is 2.10. The molecule has 2 N–H and O–H groups in total. The van der Waals surface area contributed by atoms with Crippen molar-refractivity contribution in [3.63, 3.8) is 0 Å². The van der Waals surface area contributed by atoms with Crippen LogP contribution in [0.3, 0.4) is 0 Å². The first-order valence-electron chi connectivity index (χ1n) is 6.35. The summed E-state index contributed by atoms with van der Waals surface area (Å²) in [7, 11) is 0. The van der Waals surface area contributed by atoms with Gasteiger partial charge in [0.2, 0.25) is 0 Å². The molecule has 0 amide bonds. The Morgan fingerprint density at radius 3 is 2.47 bits per heavy atom. The van der Waals surface area contributed by atoms with Crippen molar-refractivity contribution in [1.82, 2.24) is 0 Å². The van der Waals surface area contributed by atoms with Gasteiger partial charge in [0.05, 0.1) is 0 Å². The lowest BCUT2D eigenvalue weighted by Gasteiger charge is -2.17. The van der Waals surface area contributed by atoms with Crippen LogP contribution in [0.4, 0.5) is 10.1 Å². The second kappa shape index (κ2) is 5.74. The van der Waals surface area contributed by atoms with Gasteiger partial charge in [-0.2, -0.15) is 0 Å². The molecule has 0 aromatic heterocycles. The molecule has 2 aromatic rings. The lowest BCUT2D eigenvalue weighted by atomic mass is 10.1. The SMILES string of the molecule is Cc1cc(O)ccc1NC(C)Cc1ccc(F)cc1. The van der Waals surface area contributed by atoms with Crippen molar-refractivity contribution in [2.75, 3.05) is 5.32 Å². The van der Waals surface area contributed by atoms with Crippen LogP contribution in [0, 0.1) is 12.7 Å². The number of benzene rings is 2. The first-order valence-corrected chi connectivity index (χ1v) is 6.35. The normalized spacial score (nSPS) is 12.2. The van der Waals surface area contributed by atoms with Gasteiger partial charge in [-0.3, -0.25) is 0 Å². The topological polar surface area (TPSA) is 32.3 Å². The van der Waals surface area contributed by atoms with Gasteiger partial charge in [0.1, 0.15) is 11.6 Å². The average molecular weight is 259 g/mol. The van der Waals surface area contributed by atoms with Gasteiger partial charge in [-0.05, 0) is 61.7 Å². The summed E-state index contributed by atoms with van der Waals surface area (Å²) in [5.74, 6) is 0.0629. The number of hydrogen-bond donors (Lipinski definition) is 2. The van der Waals surface area contributed by atoms with Crippen molar-refractivity contribution in [3.8, 4) is 5.75 Å². The van der Waals surface area contributed by atoms with Gasteiger partial charge in [-0.25, -0.2) is 4.39 Å². The van der Waals surface area contributed by atoms with Crippen molar-refractivity contribution in [2.24, 2.45) is 0 Å². The van der Waals surface area contributed by atoms with Crippen LogP contribution in [0.2, 0.25) is 0 Å². The van der Waals surface area contributed by atoms with Crippen LogP contribution in [0.25, 0.3) is 0 Å². The van der Waals surface area contributed by atoms with Crippen LogP contribution >= 0.6 is 0 Å². The molecule has 0 aliphatic heterocycles. The summed E-state index contributed by atoms with van der Waals surface area (Å²) < 4.78 is 12.8. The Bertz CT molecular complexity index is 551. The lowest BCUT2D eigenvalue weighted by Crippen LogP contribution is -2.18. The van der Waals surface area contributed by atoms with E-state index in [4.69, 9.17) is 0 Å². The molecule has 100 valence electrons. The average Bonchev–Trinajstić information content (AvgIpc) is 2.36. The van der Waals surface area contributed by atoms with E-state index in [1.54, 1.807) is 24.3 Å². The zero-order valence-corrected chi connectivity index (χ0v) is 11.2. The molecule has 0 saturated carbocycles. The molecule has 2 nitrogen and oxygen atoms in total. The maximum Gasteiger partial charge on any atom is 0.123 e. The van der Waals surface area contributed by atoms with E-state index in [0.717, 1.165) is 23.2 Å². The monoisotopic (exact) mass is 259 g/mol. The first-order chi connectivity index (χ1) is 9.04. The van der Waals surface area contributed by atoms with Crippen LogP contribution in [0.5, 0.6) is 5.75 Å². The summed E-state index contributed by atoms with van der Waals surface area (Å²) in [5, 5.41) is 12.8. The number of anilines is 1. The Morgan fingerprint density at radius 2 is 1.84 bits per heavy atom. The van der Waals surface area contributed by atoms with E-state index in [0.29, 0.717) is 0 Å². The highest BCUT2D eigenvalue weighted by Crippen LogP contribution is 2.21. The van der Waals surface area contributed by atoms with E-state index in [1.165, 1.54) is 12.1 Å². The van der Waals surface area contributed by atoms with Crippen molar-refractivity contribution in [2.45, 2.75) is 26.3 Å². The van der Waals surface area contributed by atoms with Crippen LogP contribution in [0.1, 0.15) is 18.1 Å². The largest absolute Gasteiger partial charge is 0.508 e. The van der Waals surface area contributed by atoms with E-state index in [9.17, 15) is 9.50 Å². The number of aryl methyl sites for hydroxylation is 1. The maximum absolute atomic E-state index is 12.8. The fraction of sp³-hybridized carbons (Fsp3) is 0.250. The molecule has 0 heterocycles. The van der Waals surface area contributed by atoms with Gasteiger partial charge in [0.25, 0.3) is 0 Å². The molecule has 0 bridgehead atoms. The van der Waals surface area contributed by atoms with Crippen LogP contribution in [0.15, 0.2) is 42.5 Å². The van der Waals surface area contributed by atoms with Crippen LogP contribution in [-0.2, 0) is 6.42 Å².